The molecule has 1 aromatic carbocycles. The average Bonchev–Trinajstić information content (AvgIpc) is 2.62. The third-order valence-corrected chi connectivity index (χ3v) is 4.94. The molecule has 0 aliphatic rings. The summed E-state index contributed by atoms with van der Waals surface area (Å²) >= 11 is 5.11. The van der Waals surface area contributed by atoms with Crippen molar-refractivity contribution < 1.29 is 4.39 Å². The summed E-state index contributed by atoms with van der Waals surface area (Å²) in [6.45, 7) is 3.79. The van der Waals surface area contributed by atoms with Crippen LogP contribution in [0.15, 0.2) is 28.1 Å². The zero-order chi connectivity index (χ0) is 12.6. The van der Waals surface area contributed by atoms with Crippen LogP contribution >= 0.6 is 27.3 Å². The molecule has 1 heterocycles. The highest BCUT2D eigenvalue weighted by Gasteiger charge is 2.14. The van der Waals surface area contributed by atoms with E-state index in [0.717, 1.165) is 14.2 Å². The molecular weight excluding hydrogens is 301 g/mol. The van der Waals surface area contributed by atoms with Crippen LogP contribution in [-0.2, 0) is 0 Å². The Balaban J connectivity index is 2.36. The lowest BCUT2D eigenvalue weighted by molar-refractivity contribution is 0.617. The van der Waals surface area contributed by atoms with E-state index in [4.69, 9.17) is 5.73 Å². The van der Waals surface area contributed by atoms with Crippen molar-refractivity contribution in [2.45, 2.75) is 19.9 Å². The molecule has 4 heteroatoms. The SMILES string of the molecule is Cc1cc(C(N)c2cc(C)c(Br)s2)ccc1F. The summed E-state index contributed by atoms with van der Waals surface area (Å²) in [6.07, 6.45) is 0. The van der Waals surface area contributed by atoms with Crippen molar-refractivity contribution in [2.24, 2.45) is 5.73 Å². The van der Waals surface area contributed by atoms with E-state index in [1.807, 2.05) is 13.0 Å². The fourth-order valence-electron chi connectivity index (χ4n) is 1.66. The zero-order valence-corrected chi connectivity index (χ0v) is 12.0. The van der Waals surface area contributed by atoms with Crippen LogP contribution in [0, 0.1) is 19.7 Å². The summed E-state index contributed by atoms with van der Waals surface area (Å²) in [4.78, 5) is 1.08. The number of aryl methyl sites for hydroxylation is 2. The third-order valence-electron chi connectivity index (χ3n) is 2.72. The van der Waals surface area contributed by atoms with Crippen molar-refractivity contribution in [3.8, 4) is 0 Å². The minimum atomic E-state index is -0.190. The number of hydrogen-bond acceptors (Lipinski definition) is 2. The van der Waals surface area contributed by atoms with Gasteiger partial charge in [0.15, 0.2) is 0 Å². The third kappa shape index (κ3) is 2.59. The van der Waals surface area contributed by atoms with E-state index in [9.17, 15) is 4.39 Å². The lowest BCUT2D eigenvalue weighted by atomic mass is 10.0. The summed E-state index contributed by atoms with van der Waals surface area (Å²) < 4.78 is 14.3. The Morgan fingerprint density at radius 1 is 1.24 bits per heavy atom. The van der Waals surface area contributed by atoms with Gasteiger partial charge in [-0.15, -0.1) is 11.3 Å². The lowest BCUT2D eigenvalue weighted by Crippen LogP contribution is -2.10. The Bertz CT molecular complexity index is 531. The maximum atomic E-state index is 13.2. The molecule has 0 spiro atoms. The van der Waals surface area contributed by atoms with Crippen LogP contribution in [-0.4, -0.2) is 0 Å². The Kier molecular flexibility index (Phi) is 3.66. The van der Waals surface area contributed by atoms with Gasteiger partial charge in [-0.3, -0.25) is 0 Å². The second kappa shape index (κ2) is 4.88. The van der Waals surface area contributed by atoms with E-state index in [1.54, 1.807) is 24.3 Å². The molecule has 0 fully saturated rings. The maximum Gasteiger partial charge on any atom is 0.126 e. The quantitative estimate of drug-likeness (QED) is 0.878. The topological polar surface area (TPSA) is 26.0 Å². The molecule has 0 bridgehead atoms. The zero-order valence-electron chi connectivity index (χ0n) is 9.63. The molecule has 2 N–H and O–H groups in total. The number of benzene rings is 1. The molecule has 0 radical (unpaired) electrons. The second-order valence-electron chi connectivity index (χ2n) is 4.09. The fraction of sp³-hybridized carbons (Fsp3) is 0.231. The van der Waals surface area contributed by atoms with Crippen molar-refractivity contribution in [3.05, 3.63) is 55.4 Å². The minimum absolute atomic E-state index is 0.190. The Morgan fingerprint density at radius 3 is 2.47 bits per heavy atom. The van der Waals surface area contributed by atoms with Crippen molar-refractivity contribution in [3.63, 3.8) is 0 Å². The normalized spacial score (nSPS) is 12.8. The second-order valence-corrected chi connectivity index (χ2v) is 6.49. The largest absolute Gasteiger partial charge is 0.320 e. The highest BCUT2D eigenvalue weighted by atomic mass is 79.9. The van der Waals surface area contributed by atoms with E-state index in [2.05, 4.69) is 22.0 Å². The summed E-state index contributed by atoms with van der Waals surface area (Å²) in [7, 11) is 0. The molecule has 0 amide bonds. The van der Waals surface area contributed by atoms with Crippen molar-refractivity contribution in [1.29, 1.82) is 0 Å². The van der Waals surface area contributed by atoms with E-state index in [-0.39, 0.29) is 11.9 Å². The van der Waals surface area contributed by atoms with E-state index >= 15 is 0 Å². The lowest BCUT2D eigenvalue weighted by Gasteiger charge is -2.11. The Labute approximate surface area is 113 Å². The molecular formula is C13H13BrFNS. The first-order chi connectivity index (χ1) is 7.99. The maximum absolute atomic E-state index is 13.2. The number of rotatable bonds is 2. The first-order valence-corrected chi connectivity index (χ1v) is 6.87. The van der Waals surface area contributed by atoms with Crippen molar-refractivity contribution in [1.82, 2.24) is 0 Å². The molecule has 1 nitrogen and oxygen atoms in total. The van der Waals surface area contributed by atoms with Gasteiger partial charge in [0.2, 0.25) is 0 Å². The highest BCUT2D eigenvalue weighted by Crippen LogP contribution is 2.33. The van der Waals surface area contributed by atoms with Crippen molar-refractivity contribution >= 4 is 27.3 Å². The summed E-state index contributed by atoms with van der Waals surface area (Å²) in [5, 5.41) is 0. The predicted molar refractivity (Wildman–Crippen MR) is 73.9 cm³/mol. The van der Waals surface area contributed by atoms with Gasteiger partial charge in [0.25, 0.3) is 0 Å². The van der Waals surface area contributed by atoms with E-state index < -0.39 is 0 Å². The fourth-order valence-corrected chi connectivity index (χ4v) is 3.26. The molecule has 0 saturated carbocycles. The standard InChI is InChI=1S/C13H13BrFNS/c1-7-5-9(3-4-10(7)15)12(16)11-6-8(2)13(14)17-11/h3-6,12H,16H2,1-2H3. The van der Waals surface area contributed by atoms with Crippen LogP contribution in [0.3, 0.4) is 0 Å². The minimum Gasteiger partial charge on any atom is -0.320 e. The summed E-state index contributed by atoms with van der Waals surface area (Å²) in [6, 6.07) is 6.90. The molecule has 1 unspecified atom stereocenters. The average molecular weight is 314 g/mol. The molecule has 2 aromatic rings. The van der Waals surface area contributed by atoms with Crippen LogP contribution in [0.4, 0.5) is 4.39 Å². The van der Waals surface area contributed by atoms with Crippen molar-refractivity contribution in [2.75, 3.05) is 0 Å². The predicted octanol–water partition coefficient (Wildman–Crippen LogP) is 4.31. The van der Waals surface area contributed by atoms with Crippen LogP contribution in [0.25, 0.3) is 0 Å². The molecule has 1 atom stereocenters. The molecule has 17 heavy (non-hydrogen) atoms. The summed E-state index contributed by atoms with van der Waals surface area (Å²) in [5.74, 6) is -0.190. The first kappa shape index (κ1) is 12.7. The van der Waals surface area contributed by atoms with Gasteiger partial charge in [-0.05, 0) is 58.6 Å². The number of hydrogen-bond donors (Lipinski definition) is 1. The van der Waals surface area contributed by atoms with Gasteiger partial charge in [-0.1, -0.05) is 12.1 Å². The van der Waals surface area contributed by atoms with Gasteiger partial charge >= 0.3 is 0 Å². The van der Waals surface area contributed by atoms with Crippen LogP contribution in [0.1, 0.15) is 27.6 Å². The van der Waals surface area contributed by atoms with Crippen LogP contribution < -0.4 is 5.73 Å². The molecule has 0 aliphatic carbocycles. The number of nitrogens with two attached hydrogens (primary N) is 1. The van der Waals surface area contributed by atoms with Gasteiger partial charge in [-0.2, -0.15) is 0 Å². The molecule has 0 aliphatic heterocycles. The van der Waals surface area contributed by atoms with E-state index in [1.165, 1.54) is 11.6 Å². The van der Waals surface area contributed by atoms with E-state index in [0.29, 0.717) is 5.56 Å². The smallest absolute Gasteiger partial charge is 0.126 e. The highest BCUT2D eigenvalue weighted by molar-refractivity contribution is 9.11. The first-order valence-electron chi connectivity index (χ1n) is 5.26. The number of thiophene rings is 1. The van der Waals surface area contributed by atoms with Gasteiger partial charge in [0.05, 0.1) is 9.83 Å². The van der Waals surface area contributed by atoms with Crippen LogP contribution in [0.2, 0.25) is 0 Å². The molecule has 90 valence electrons. The van der Waals surface area contributed by atoms with Gasteiger partial charge in [-0.25, -0.2) is 4.39 Å². The van der Waals surface area contributed by atoms with Gasteiger partial charge in [0.1, 0.15) is 5.82 Å². The number of halogens is 2. The molecule has 1 aromatic heterocycles. The summed E-state index contributed by atoms with van der Waals surface area (Å²) in [5.41, 5.74) is 8.94. The Morgan fingerprint density at radius 2 is 1.94 bits per heavy atom. The van der Waals surface area contributed by atoms with Gasteiger partial charge < -0.3 is 5.73 Å². The molecule has 0 saturated heterocycles. The Hall–Kier alpha value is -0.710. The van der Waals surface area contributed by atoms with Crippen LogP contribution in [0.5, 0.6) is 0 Å². The molecule has 2 rings (SSSR count). The monoisotopic (exact) mass is 313 g/mol. The van der Waals surface area contributed by atoms with Gasteiger partial charge in [0, 0.05) is 4.88 Å².